The van der Waals surface area contributed by atoms with Gasteiger partial charge >= 0.3 is 11.9 Å². The molecule has 1 aromatic heterocycles. The Bertz CT molecular complexity index is 434. The van der Waals surface area contributed by atoms with E-state index in [9.17, 15) is 9.59 Å². The second kappa shape index (κ2) is 8.73. The highest BCUT2D eigenvalue weighted by Gasteiger charge is 2.20. The number of H-pyrrole nitrogens is 1. The van der Waals surface area contributed by atoms with E-state index in [2.05, 4.69) is 15.3 Å². The van der Waals surface area contributed by atoms with Gasteiger partial charge in [-0.2, -0.15) is 0 Å². The van der Waals surface area contributed by atoms with Crippen LogP contribution in [0.15, 0.2) is 24.3 Å². The second-order valence-corrected chi connectivity index (χ2v) is 3.78. The molecule has 1 aromatic rings. The Morgan fingerprint density at radius 1 is 1.30 bits per heavy atom. The van der Waals surface area contributed by atoms with Crippen molar-refractivity contribution in [3.8, 4) is 0 Å². The number of imidazole rings is 1. The Labute approximate surface area is 117 Å². The van der Waals surface area contributed by atoms with Gasteiger partial charge in [0.15, 0.2) is 5.57 Å². The number of carbonyl (C=O) groups excluding carboxylic acids is 2. The number of ether oxygens (including phenoxy) is 2. The molecule has 0 atom stereocenters. The van der Waals surface area contributed by atoms with Crippen LogP contribution in [0, 0.1) is 0 Å². The fourth-order valence-electron chi connectivity index (χ4n) is 1.42. The first-order valence-electron chi connectivity index (χ1n) is 6.44. The molecule has 1 rings (SSSR count). The van der Waals surface area contributed by atoms with Crippen molar-refractivity contribution in [1.29, 1.82) is 0 Å². The summed E-state index contributed by atoms with van der Waals surface area (Å²) in [5.74, 6) is -1.39. The summed E-state index contributed by atoms with van der Waals surface area (Å²) in [5, 5.41) is 2.89. The van der Waals surface area contributed by atoms with E-state index in [0.717, 1.165) is 5.69 Å². The smallest absolute Gasteiger partial charge is 0.347 e. The van der Waals surface area contributed by atoms with Gasteiger partial charge in [-0.1, -0.05) is 0 Å². The lowest BCUT2D eigenvalue weighted by Crippen LogP contribution is -2.22. The number of carbonyl (C=O) groups is 2. The molecule has 0 aliphatic carbocycles. The minimum absolute atomic E-state index is 0.140. The zero-order valence-corrected chi connectivity index (χ0v) is 11.6. The Balaban J connectivity index is 2.54. The third-order valence-electron chi connectivity index (χ3n) is 2.33. The topological polar surface area (TPSA) is 93.3 Å². The van der Waals surface area contributed by atoms with E-state index in [4.69, 9.17) is 9.47 Å². The predicted molar refractivity (Wildman–Crippen MR) is 71.6 cm³/mol. The minimum atomic E-state index is -0.694. The van der Waals surface area contributed by atoms with Crippen molar-refractivity contribution >= 4 is 11.9 Å². The molecule has 2 N–H and O–H groups in total. The van der Waals surface area contributed by atoms with E-state index in [1.54, 1.807) is 26.4 Å². The molecule has 7 heteroatoms. The van der Waals surface area contributed by atoms with Gasteiger partial charge in [-0.3, -0.25) is 0 Å². The number of esters is 2. The van der Waals surface area contributed by atoms with E-state index in [1.165, 1.54) is 6.20 Å². The Hall–Kier alpha value is -2.31. The molecule has 20 heavy (non-hydrogen) atoms. The maximum absolute atomic E-state index is 11.6. The van der Waals surface area contributed by atoms with Crippen LogP contribution in [0.1, 0.15) is 19.5 Å². The molecule has 0 saturated heterocycles. The monoisotopic (exact) mass is 281 g/mol. The molecule has 0 fully saturated rings. The van der Waals surface area contributed by atoms with Crippen molar-refractivity contribution in [1.82, 2.24) is 15.3 Å². The number of hydrogen-bond donors (Lipinski definition) is 2. The highest BCUT2D eigenvalue weighted by Crippen LogP contribution is 2.01. The molecule has 0 spiro atoms. The van der Waals surface area contributed by atoms with Gasteiger partial charge in [0.2, 0.25) is 0 Å². The molecule has 0 unspecified atom stereocenters. The van der Waals surface area contributed by atoms with Gasteiger partial charge in [-0.25, -0.2) is 14.6 Å². The van der Waals surface area contributed by atoms with Gasteiger partial charge < -0.3 is 19.8 Å². The molecule has 0 amide bonds. The Morgan fingerprint density at radius 3 is 2.45 bits per heavy atom. The molecular formula is C13H19N3O4. The fraction of sp³-hybridized carbons (Fsp3) is 0.462. The summed E-state index contributed by atoms with van der Waals surface area (Å²) in [6, 6.07) is 0. The van der Waals surface area contributed by atoms with E-state index in [0.29, 0.717) is 13.0 Å². The molecule has 0 bridgehead atoms. The quantitative estimate of drug-likeness (QED) is 0.238. The summed E-state index contributed by atoms with van der Waals surface area (Å²) in [6.07, 6.45) is 5.32. The van der Waals surface area contributed by atoms with Gasteiger partial charge in [-0.15, -0.1) is 0 Å². The van der Waals surface area contributed by atoms with Crippen LogP contribution in [0.5, 0.6) is 0 Å². The molecule has 0 aliphatic rings. The van der Waals surface area contributed by atoms with Crippen molar-refractivity contribution in [2.75, 3.05) is 19.8 Å². The van der Waals surface area contributed by atoms with Gasteiger partial charge in [-0.05, 0) is 13.8 Å². The number of aromatic amines is 1. The van der Waals surface area contributed by atoms with Crippen LogP contribution in [0.4, 0.5) is 0 Å². The molecule has 0 aliphatic heterocycles. The zero-order valence-electron chi connectivity index (χ0n) is 11.6. The number of hydrogen-bond acceptors (Lipinski definition) is 6. The van der Waals surface area contributed by atoms with Crippen LogP contribution >= 0.6 is 0 Å². The van der Waals surface area contributed by atoms with Crippen molar-refractivity contribution in [3.63, 3.8) is 0 Å². The summed E-state index contributed by atoms with van der Waals surface area (Å²) < 4.78 is 9.62. The van der Waals surface area contributed by atoms with Crippen molar-refractivity contribution in [2.45, 2.75) is 20.3 Å². The van der Waals surface area contributed by atoms with Crippen LogP contribution in [-0.4, -0.2) is 41.7 Å². The molecule has 1 heterocycles. The first-order chi connectivity index (χ1) is 9.69. The third-order valence-corrected chi connectivity index (χ3v) is 2.33. The summed E-state index contributed by atoms with van der Waals surface area (Å²) in [6.45, 7) is 4.29. The maximum Gasteiger partial charge on any atom is 0.347 e. The van der Waals surface area contributed by atoms with Crippen LogP contribution in [0.3, 0.4) is 0 Å². The largest absolute Gasteiger partial charge is 0.462 e. The van der Waals surface area contributed by atoms with E-state index in [1.807, 2.05) is 0 Å². The Kier molecular flexibility index (Phi) is 6.88. The van der Waals surface area contributed by atoms with Crippen molar-refractivity contribution in [2.24, 2.45) is 0 Å². The molecular weight excluding hydrogens is 262 g/mol. The van der Waals surface area contributed by atoms with Gasteiger partial charge in [0.25, 0.3) is 0 Å². The SMILES string of the molecule is CCOC(=O)C(=CNCCc1cnc[nH]1)C(=O)OCC. The van der Waals surface area contributed by atoms with Crippen LogP contribution in [-0.2, 0) is 25.5 Å². The molecule has 0 aromatic carbocycles. The average molecular weight is 281 g/mol. The van der Waals surface area contributed by atoms with Crippen molar-refractivity contribution < 1.29 is 19.1 Å². The third kappa shape index (κ3) is 5.13. The zero-order chi connectivity index (χ0) is 14.8. The summed E-state index contributed by atoms with van der Waals surface area (Å²) in [4.78, 5) is 30.1. The molecule has 7 nitrogen and oxygen atoms in total. The first-order valence-corrected chi connectivity index (χ1v) is 6.44. The fourth-order valence-corrected chi connectivity index (χ4v) is 1.42. The minimum Gasteiger partial charge on any atom is -0.462 e. The lowest BCUT2D eigenvalue weighted by molar-refractivity contribution is -0.146. The second-order valence-electron chi connectivity index (χ2n) is 3.78. The van der Waals surface area contributed by atoms with Crippen LogP contribution in [0.2, 0.25) is 0 Å². The molecule has 0 saturated carbocycles. The summed E-state index contributed by atoms with van der Waals surface area (Å²) in [5.41, 5.74) is 0.818. The number of nitrogens with zero attached hydrogens (tertiary/aromatic N) is 1. The molecule has 110 valence electrons. The van der Waals surface area contributed by atoms with Crippen LogP contribution in [0.25, 0.3) is 0 Å². The van der Waals surface area contributed by atoms with Crippen molar-refractivity contribution in [3.05, 3.63) is 30.0 Å². The highest BCUT2D eigenvalue weighted by atomic mass is 16.6. The number of rotatable bonds is 8. The average Bonchev–Trinajstić information content (AvgIpc) is 2.92. The first kappa shape index (κ1) is 15.7. The highest BCUT2D eigenvalue weighted by molar-refractivity contribution is 6.13. The number of aromatic nitrogens is 2. The maximum atomic E-state index is 11.6. The Morgan fingerprint density at radius 2 is 1.95 bits per heavy atom. The van der Waals surface area contributed by atoms with Crippen LogP contribution < -0.4 is 5.32 Å². The standard InChI is InChI=1S/C13H19N3O4/c1-3-19-12(17)11(13(18)20-4-2)8-14-6-5-10-7-15-9-16-10/h7-9,14H,3-6H2,1-2H3,(H,15,16). The normalized spacial score (nSPS) is 9.70. The van der Waals surface area contributed by atoms with E-state index < -0.39 is 11.9 Å². The number of nitrogens with one attached hydrogen (secondary N) is 2. The predicted octanol–water partition coefficient (Wildman–Crippen LogP) is 0.552. The van der Waals surface area contributed by atoms with Gasteiger partial charge in [0.1, 0.15) is 0 Å². The summed E-state index contributed by atoms with van der Waals surface area (Å²) in [7, 11) is 0. The molecule has 0 radical (unpaired) electrons. The lowest BCUT2D eigenvalue weighted by atomic mass is 10.3. The summed E-state index contributed by atoms with van der Waals surface area (Å²) >= 11 is 0. The van der Waals surface area contributed by atoms with Gasteiger partial charge in [0.05, 0.1) is 19.5 Å². The van der Waals surface area contributed by atoms with E-state index in [-0.39, 0.29) is 18.8 Å². The van der Waals surface area contributed by atoms with Gasteiger partial charge in [0, 0.05) is 31.1 Å². The van der Waals surface area contributed by atoms with E-state index >= 15 is 0 Å². The lowest BCUT2D eigenvalue weighted by Gasteiger charge is -2.07.